The van der Waals surface area contributed by atoms with Crippen molar-refractivity contribution in [2.45, 2.75) is 0 Å². The third kappa shape index (κ3) is 72.9. The Bertz CT molecular complexity index is 33.8. The van der Waals surface area contributed by atoms with E-state index in [1.807, 2.05) is 0 Å². The molecule has 0 saturated heterocycles. The monoisotopic (exact) mass is 362 g/mol. The molecule has 0 amide bonds. The van der Waals surface area contributed by atoms with Gasteiger partial charge in [0.1, 0.15) is 0 Å². The second-order valence-electron chi connectivity index (χ2n) is 0.283. The number of hydrogen-bond donors (Lipinski definition) is 2. The molecule has 5 heteroatoms. The number of rotatable bonds is 0. The van der Waals surface area contributed by atoms with E-state index >= 15 is 0 Å². The fourth-order valence-corrected chi connectivity index (χ4v) is 0. The maximum absolute atomic E-state index is 8.56. The van der Waals surface area contributed by atoms with Crippen LogP contribution in [0.3, 0.4) is 0 Å². The van der Waals surface area contributed by atoms with E-state index in [1.165, 1.54) is 0 Å². The van der Waals surface area contributed by atoms with Crippen molar-refractivity contribution in [3.8, 4) is 0 Å². The largest absolute Gasteiger partial charge is 0 e. The molecule has 0 rings (SSSR count). The summed E-state index contributed by atoms with van der Waals surface area (Å²) in [5, 5.41) is 13.9. The van der Waals surface area contributed by atoms with E-state index in [-0.39, 0.29) is 53.5 Å². The summed E-state index contributed by atoms with van der Waals surface area (Å²) >= 11 is 0. The summed E-state index contributed by atoms with van der Waals surface area (Å²) in [6.07, 6.45) is -1.83. The average Bonchev–Trinajstić information content (AvgIpc) is 0.811. The van der Waals surface area contributed by atoms with Gasteiger partial charge < -0.3 is 10.2 Å². The van der Waals surface area contributed by atoms with Crippen LogP contribution in [0.5, 0.6) is 0 Å². The van der Waals surface area contributed by atoms with Crippen LogP contribution in [0, 0.1) is 0 Å². The Morgan fingerprint density at radius 3 is 1.33 bits per heavy atom. The van der Waals surface area contributed by atoms with Crippen LogP contribution in [-0.4, -0.2) is 43.7 Å². The average molecular weight is 362 g/mol. The van der Waals surface area contributed by atoms with Crippen LogP contribution in [0.2, 0.25) is 0 Å². The first-order valence-corrected chi connectivity index (χ1v) is 0.651. The summed E-state index contributed by atoms with van der Waals surface area (Å²) in [6.45, 7) is 0. The molecule has 0 aliphatic heterocycles. The molecule has 0 bridgehead atoms. The summed E-state index contributed by atoms with van der Waals surface area (Å²) < 4.78 is 0. The van der Waals surface area contributed by atoms with Crippen LogP contribution in [0.15, 0.2) is 0 Å². The third-order valence-corrected chi connectivity index (χ3v) is 0. The van der Waals surface area contributed by atoms with Gasteiger partial charge in [-0.15, -0.1) is 0 Å². The molecular formula is CH4O3PbZr. The molecule has 0 fully saturated rings. The molecule has 2 radical (unpaired) electrons. The smallest absolute Gasteiger partial charge is 0 e. The van der Waals surface area contributed by atoms with Gasteiger partial charge in [0.2, 0.25) is 0 Å². The Morgan fingerprint density at radius 2 is 1.33 bits per heavy atom. The van der Waals surface area contributed by atoms with E-state index in [2.05, 4.69) is 0 Å². The minimum atomic E-state index is -1.83. The Kier molecular flexibility index (Phi) is 24.7. The summed E-state index contributed by atoms with van der Waals surface area (Å²) in [5.41, 5.74) is 0. The van der Waals surface area contributed by atoms with Crippen LogP contribution in [0.1, 0.15) is 0 Å². The van der Waals surface area contributed by atoms with Gasteiger partial charge in [-0.2, -0.15) is 0 Å². The molecule has 0 unspecified atom stereocenters. The molecule has 0 atom stereocenters. The fraction of sp³-hybridized carbons (Fsp3) is 0. The van der Waals surface area contributed by atoms with Crippen LogP contribution in [0.25, 0.3) is 0 Å². The molecule has 0 aromatic carbocycles. The van der Waals surface area contributed by atoms with Gasteiger partial charge in [0.25, 0.3) is 0 Å². The zero-order valence-corrected chi connectivity index (χ0v) is 11.0. The number of carbonyl (C=O) groups is 1. The van der Waals surface area contributed by atoms with E-state index in [9.17, 15) is 0 Å². The minimum Gasteiger partial charge on any atom is 0 e. The second-order valence-corrected chi connectivity index (χ2v) is 0.283. The molecule has 0 aromatic heterocycles. The molecule has 0 aliphatic carbocycles. The predicted molar refractivity (Wildman–Crippen MR) is 19.2 cm³/mol. The summed E-state index contributed by atoms with van der Waals surface area (Å²) in [4.78, 5) is 8.56. The molecular weight excluding hydrogens is 358 g/mol. The Morgan fingerprint density at radius 1 is 1.33 bits per heavy atom. The van der Waals surface area contributed by atoms with Gasteiger partial charge in [-0.05, 0) is 0 Å². The first-order valence-electron chi connectivity index (χ1n) is 0.651. The van der Waals surface area contributed by atoms with Crippen LogP contribution in [0.4, 0.5) is 4.79 Å². The van der Waals surface area contributed by atoms with Crippen molar-refractivity contribution in [3.05, 3.63) is 0 Å². The molecule has 0 aliphatic rings. The quantitative estimate of drug-likeness (QED) is 0.561. The predicted octanol–water partition coefficient (Wildman–Crippen LogP) is -0.696. The topological polar surface area (TPSA) is 57.5 Å². The van der Waals surface area contributed by atoms with Crippen molar-refractivity contribution in [2.75, 3.05) is 0 Å². The number of hydrogen-bond acceptors (Lipinski definition) is 1. The van der Waals surface area contributed by atoms with E-state index in [1.54, 1.807) is 0 Å². The Labute approximate surface area is 74.0 Å². The first-order chi connectivity index (χ1) is 1.73. The van der Waals surface area contributed by atoms with Crippen molar-refractivity contribution in [2.24, 2.45) is 0 Å². The fourth-order valence-electron chi connectivity index (χ4n) is 0. The van der Waals surface area contributed by atoms with Crippen molar-refractivity contribution in [3.63, 3.8) is 0 Å². The van der Waals surface area contributed by atoms with Gasteiger partial charge >= 0.3 is 33.5 Å². The first kappa shape index (κ1) is 15.7. The molecule has 0 spiro atoms. The maximum Gasteiger partial charge on any atom is 0 e. The SMILES string of the molecule is O=C(O)O.[PbH2].[Zr]. The van der Waals surface area contributed by atoms with Crippen LogP contribution < -0.4 is 0 Å². The van der Waals surface area contributed by atoms with Gasteiger partial charge in [0.05, 0.1) is 0 Å². The molecule has 2 N–H and O–H groups in total. The van der Waals surface area contributed by atoms with Gasteiger partial charge in [0, 0.05) is 26.2 Å². The van der Waals surface area contributed by atoms with Gasteiger partial charge in [0.15, 0.2) is 0 Å². The van der Waals surface area contributed by atoms with E-state index in [0.29, 0.717) is 0 Å². The summed E-state index contributed by atoms with van der Waals surface area (Å²) in [5.74, 6) is 0. The van der Waals surface area contributed by atoms with Gasteiger partial charge in [-0.3, -0.25) is 0 Å². The van der Waals surface area contributed by atoms with Gasteiger partial charge in [-0.1, -0.05) is 0 Å². The summed E-state index contributed by atoms with van der Waals surface area (Å²) in [7, 11) is 0. The normalized spacial score (nSPS) is 4.00. The zero-order chi connectivity index (χ0) is 3.58. The standard InChI is InChI=1S/CH2O3.Pb.Zr.2H/c2-1(3)4;;;;/h(H2,2,3,4);;;;. The van der Waals surface area contributed by atoms with Crippen molar-refractivity contribution >= 4 is 33.5 Å². The molecule has 3 nitrogen and oxygen atoms in total. The Balaban J connectivity index is -0.0000000450. The van der Waals surface area contributed by atoms with Crippen molar-refractivity contribution in [1.82, 2.24) is 0 Å². The zero-order valence-electron chi connectivity index (χ0n) is 3.01. The maximum atomic E-state index is 8.56. The Hall–Kier alpha value is 1.08. The molecule has 0 aromatic rings. The van der Waals surface area contributed by atoms with E-state index in [4.69, 9.17) is 15.0 Å². The number of carboxylic acid groups (broad SMARTS) is 2. The second kappa shape index (κ2) is 9.42. The molecule has 6 heavy (non-hydrogen) atoms. The summed E-state index contributed by atoms with van der Waals surface area (Å²) in [6, 6.07) is 0. The van der Waals surface area contributed by atoms with Crippen molar-refractivity contribution in [1.29, 1.82) is 0 Å². The van der Waals surface area contributed by atoms with Crippen LogP contribution >= 0.6 is 0 Å². The minimum absolute atomic E-state index is 0. The van der Waals surface area contributed by atoms with E-state index in [0.717, 1.165) is 0 Å². The molecule has 0 saturated carbocycles. The van der Waals surface area contributed by atoms with Crippen molar-refractivity contribution < 1.29 is 41.2 Å². The van der Waals surface area contributed by atoms with E-state index < -0.39 is 6.16 Å². The van der Waals surface area contributed by atoms with Gasteiger partial charge in [-0.25, -0.2) is 4.79 Å². The van der Waals surface area contributed by atoms with Crippen LogP contribution in [-0.2, 0) is 26.2 Å². The third-order valence-electron chi connectivity index (χ3n) is 0. The molecule has 34 valence electrons. The molecule has 0 heterocycles.